The fraction of sp³-hybridized carbons (Fsp3) is 0.371. The van der Waals surface area contributed by atoms with Crippen LogP contribution in [0.3, 0.4) is 0 Å². The maximum atomic E-state index is 15.9. The van der Waals surface area contributed by atoms with Gasteiger partial charge in [0, 0.05) is 35.2 Å². The van der Waals surface area contributed by atoms with Crippen LogP contribution in [0.4, 0.5) is 4.39 Å². The van der Waals surface area contributed by atoms with Crippen LogP contribution in [0.2, 0.25) is 0 Å². The van der Waals surface area contributed by atoms with Crippen LogP contribution in [0.25, 0.3) is 22.4 Å². The number of aryl methyl sites for hydroxylation is 2. The molecular weight excluding hydrogens is 606 g/mol. The first-order valence-electron chi connectivity index (χ1n) is 15.3. The second-order valence-corrected chi connectivity index (χ2v) is 15.0. The number of pyridine rings is 1. The van der Waals surface area contributed by atoms with Crippen molar-refractivity contribution in [1.29, 1.82) is 0 Å². The zero-order valence-electron chi connectivity index (χ0n) is 26.1. The maximum absolute atomic E-state index is 15.9. The van der Waals surface area contributed by atoms with Gasteiger partial charge in [0.15, 0.2) is 11.6 Å². The van der Waals surface area contributed by atoms with E-state index in [2.05, 4.69) is 55.0 Å². The largest absolute Gasteiger partial charge is 0.481 e. The molecule has 0 spiro atoms. The van der Waals surface area contributed by atoms with E-state index in [1.165, 1.54) is 23.4 Å². The average molecular weight is 644 g/mol. The Morgan fingerprint density at radius 3 is 2.71 bits per heavy atom. The first-order valence-corrected chi connectivity index (χ1v) is 17.2. The molecule has 1 atom stereocenters. The van der Waals surface area contributed by atoms with Crippen LogP contribution < -0.4 is 0 Å². The van der Waals surface area contributed by atoms with E-state index in [0.29, 0.717) is 33.9 Å². The lowest BCUT2D eigenvalue weighted by molar-refractivity contribution is -0.136. The second-order valence-electron chi connectivity index (χ2n) is 12.9. The molecule has 4 heterocycles. The van der Waals surface area contributed by atoms with Crippen LogP contribution in [-0.4, -0.2) is 47.3 Å². The summed E-state index contributed by atoms with van der Waals surface area (Å²) in [5, 5.41) is 15.3. The molecule has 0 aliphatic carbocycles. The number of carboxylic acids is 1. The summed E-state index contributed by atoms with van der Waals surface area (Å²) in [5.41, 5.74) is 3.70. The number of aliphatic carboxylic acids is 1. The summed E-state index contributed by atoms with van der Waals surface area (Å²) >= 11 is 3.22. The summed E-state index contributed by atoms with van der Waals surface area (Å²) in [4.78, 5) is 25.9. The molecule has 5 aromatic rings. The molecule has 2 N–H and O–H groups in total. The monoisotopic (exact) mass is 643 g/mol. The SMILES string of the molecule is Cn1nc2nc1-c1cc(ccn1)Sc1c(F)cc3[nH]cc(CC(=O)O)c3c1CCSCC(C)(C)CCCC2(C)c1ccccc1. The summed E-state index contributed by atoms with van der Waals surface area (Å²) in [6.07, 6.45) is 6.87. The summed E-state index contributed by atoms with van der Waals surface area (Å²) in [6.45, 7) is 6.86. The number of halogens is 1. The number of benzene rings is 2. The number of hydrogen-bond donors (Lipinski definition) is 2. The van der Waals surface area contributed by atoms with Crippen molar-refractivity contribution >= 4 is 40.4 Å². The molecule has 0 saturated carbocycles. The third-order valence-corrected chi connectivity index (χ3v) is 11.4. The third-order valence-electron chi connectivity index (χ3n) is 8.77. The minimum atomic E-state index is -0.914. The molecule has 45 heavy (non-hydrogen) atoms. The summed E-state index contributed by atoms with van der Waals surface area (Å²) < 4.78 is 17.7. The Kier molecular flexibility index (Phi) is 8.81. The molecule has 0 fully saturated rings. The first-order chi connectivity index (χ1) is 21.5. The molecular formula is C35H38FN5O2S2. The van der Waals surface area contributed by atoms with E-state index in [0.717, 1.165) is 52.4 Å². The lowest BCUT2D eigenvalue weighted by Crippen LogP contribution is -2.27. The van der Waals surface area contributed by atoms with Gasteiger partial charge >= 0.3 is 5.97 Å². The predicted octanol–water partition coefficient (Wildman–Crippen LogP) is 8.07. The number of carbonyl (C=O) groups is 1. The van der Waals surface area contributed by atoms with Crippen molar-refractivity contribution in [3.8, 4) is 11.5 Å². The maximum Gasteiger partial charge on any atom is 0.307 e. The van der Waals surface area contributed by atoms with Gasteiger partial charge in [-0.15, -0.1) is 0 Å². The van der Waals surface area contributed by atoms with E-state index in [1.54, 1.807) is 17.1 Å². The van der Waals surface area contributed by atoms with Crippen molar-refractivity contribution in [2.45, 2.75) is 68.1 Å². The van der Waals surface area contributed by atoms with Crippen LogP contribution in [0.15, 0.2) is 70.7 Å². The van der Waals surface area contributed by atoms with Crippen LogP contribution in [-0.2, 0) is 30.1 Å². The highest BCUT2D eigenvalue weighted by Crippen LogP contribution is 2.42. The fourth-order valence-electron chi connectivity index (χ4n) is 6.32. The van der Waals surface area contributed by atoms with Gasteiger partial charge in [0.05, 0.1) is 16.7 Å². The van der Waals surface area contributed by atoms with Crippen LogP contribution in [0.1, 0.15) is 62.5 Å². The highest BCUT2D eigenvalue weighted by atomic mass is 32.2. The van der Waals surface area contributed by atoms with Crippen LogP contribution >= 0.6 is 23.5 Å². The summed E-state index contributed by atoms with van der Waals surface area (Å²) in [5.74, 6) is 1.93. The number of nitrogens with one attached hydrogen (secondary N) is 1. The number of fused-ring (bicyclic) bond motifs is 8. The molecule has 0 radical (unpaired) electrons. The molecule has 1 unspecified atom stereocenters. The highest BCUT2D eigenvalue weighted by Gasteiger charge is 2.35. The van der Waals surface area contributed by atoms with E-state index in [1.807, 2.05) is 37.0 Å². The molecule has 7 nitrogen and oxygen atoms in total. The van der Waals surface area contributed by atoms with Crippen molar-refractivity contribution in [1.82, 2.24) is 24.7 Å². The van der Waals surface area contributed by atoms with Gasteiger partial charge in [-0.25, -0.2) is 14.1 Å². The molecule has 2 aromatic carbocycles. The van der Waals surface area contributed by atoms with Gasteiger partial charge in [-0.05, 0) is 78.0 Å². The number of aromatic amines is 1. The van der Waals surface area contributed by atoms with Crippen LogP contribution in [0, 0.1) is 11.2 Å². The van der Waals surface area contributed by atoms with Gasteiger partial charge in [0.25, 0.3) is 0 Å². The average Bonchev–Trinajstić information content (AvgIpc) is 3.59. The lowest BCUT2D eigenvalue weighted by atomic mass is 9.75. The number of hydrogen-bond acceptors (Lipinski definition) is 6. The lowest BCUT2D eigenvalue weighted by Gasteiger charge is -2.30. The Labute approximate surface area is 271 Å². The van der Waals surface area contributed by atoms with Gasteiger partial charge in [0.1, 0.15) is 11.5 Å². The van der Waals surface area contributed by atoms with Crippen LogP contribution in [0.5, 0.6) is 0 Å². The topological polar surface area (TPSA) is 96.7 Å². The van der Waals surface area contributed by atoms with Gasteiger partial charge in [-0.1, -0.05) is 62.4 Å². The van der Waals surface area contributed by atoms with Crippen molar-refractivity contribution in [2.75, 3.05) is 11.5 Å². The van der Waals surface area contributed by atoms with Gasteiger partial charge in [0.2, 0.25) is 0 Å². The molecule has 6 rings (SSSR count). The minimum absolute atomic E-state index is 0.0924. The standard InChI is InChI=1S/C35H38FN5O2S2/c1-34(2)13-8-14-35(3,23-9-6-5-7-10-23)33-39-32(41(4)40-33)28-18-24(11-15-37-28)45-31-25(12-16-44-21-34)30-22(17-29(42)43)20-38-27(30)19-26(31)36/h5-7,9-11,15,18-20,38H,8,12-14,16-17,21H2,1-4H3,(H,42,43). The predicted molar refractivity (Wildman–Crippen MR) is 180 cm³/mol. The second kappa shape index (κ2) is 12.6. The number of nitrogens with zero attached hydrogens (tertiary/aromatic N) is 4. The Balaban J connectivity index is 1.48. The van der Waals surface area contributed by atoms with E-state index in [-0.39, 0.29) is 23.1 Å². The molecule has 1 aliphatic rings. The molecule has 10 heteroatoms. The van der Waals surface area contributed by atoms with Crippen molar-refractivity contribution in [3.63, 3.8) is 0 Å². The number of thioether (sulfide) groups is 1. The molecule has 3 aromatic heterocycles. The molecule has 234 valence electrons. The molecule has 0 amide bonds. The zero-order valence-corrected chi connectivity index (χ0v) is 27.7. The fourth-order valence-corrected chi connectivity index (χ4v) is 8.52. The normalized spacial score (nSPS) is 19.0. The third kappa shape index (κ3) is 6.53. The summed E-state index contributed by atoms with van der Waals surface area (Å²) in [6, 6.07) is 15.8. The van der Waals surface area contributed by atoms with E-state index in [4.69, 9.17) is 10.1 Å². The molecule has 4 bridgehead atoms. The zero-order chi connectivity index (χ0) is 31.8. The Morgan fingerprint density at radius 1 is 1.13 bits per heavy atom. The molecule has 1 aliphatic heterocycles. The summed E-state index contributed by atoms with van der Waals surface area (Å²) in [7, 11) is 1.89. The number of rotatable bonds is 3. The Morgan fingerprint density at radius 2 is 1.93 bits per heavy atom. The van der Waals surface area contributed by atoms with Gasteiger partial charge in [-0.3, -0.25) is 9.78 Å². The smallest absolute Gasteiger partial charge is 0.307 e. The minimum Gasteiger partial charge on any atom is -0.481 e. The van der Waals surface area contributed by atoms with Crippen molar-refractivity contribution in [2.24, 2.45) is 12.5 Å². The quantitative estimate of drug-likeness (QED) is 0.205. The molecule has 0 saturated heterocycles. The van der Waals surface area contributed by atoms with Gasteiger partial charge in [-0.2, -0.15) is 16.9 Å². The Hall–Kier alpha value is -3.63. The highest BCUT2D eigenvalue weighted by molar-refractivity contribution is 7.99. The number of carboxylic acid groups (broad SMARTS) is 1. The van der Waals surface area contributed by atoms with E-state index >= 15 is 4.39 Å². The van der Waals surface area contributed by atoms with Crippen molar-refractivity contribution in [3.05, 3.63) is 89.3 Å². The number of H-pyrrole nitrogens is 1. The number of aromatic nitrogens is 5. The van der Waals surface area contributed by atoms with E-state index < -0.39 is 5.97 Å². The first kappa shape index (κ1) is 31.4. The Bertz CT molecular complexity index is 1850. The van der Waals surface area contributed by atoms with Crippen molar-refractivity contribution < 1.29 is 14.3 Å². The van der Waals surface area contributed by atoms with Gasteiger partial charge < -0.3 is 10.1 Å². The van der Waals surface area contributed by atoms with E-state index in [9.17, 15) is 9.90 Å².